The van der Waals surface area contributed by atoms with E-state index in [2.05, 4.69) is 21.2 Å². The third-order valence-corrected chi connectivity index (χ3v) is 4.05. The van der Waals surface area contributed by atoms with Crippen LogP contribution in [0.3, 0.4) is 0 Å². The zero-order chi connectivity index (χ0) is 18.2. The number of para-hydroxylation sites is 1. The van der Waals surface area contributed by atoms with E-state index in [0.717, 1.165) is 23.4 Å². The van der Waals surface area contributed by atoms with Crippen LogP contribution >= 0.6 is 15.9 Å². The van der Waals surface area contributed by atoms with Crippen LogP contribution in [0.1, 0.15) is 15.9 Å². The van der Waals surface area contributed by atoms with Gasteiger partial charge in [0.1, 0.15) is 11.6 Å². The Morgan fingerprint density at radius 2 is 1.96 bits per heavy atom. The Kier molecular flexibility index (Phi) is 6.94. The van der Waals surface area contributed by atoms with Gasteiger partial charge in [-0.05, 0) is 52.2 Å². The highest BCUT2D eigenvalue weighted by atomic mass is 79.9. The lowest BCUT2D eigenvalue weighted by Crippen LogP contribution is -2.30. The first-order valence-electron chi connectivity index (χ1n) is 7.52. The summed E-state index contributed by atoms with van der Waals surface area (Å²) in [6, 6.07) is 11.1. The first-order valence-corrected chi connectivity index (χ1v) is 8.31. The number of carbonyl (C=O) groups excluding carboxylic acids is 2. The number of hydrogen-bond acceptors (Lipinski definition) is 4. The number of benzene rings is 2. The van der Waals surface area contributed by atoms with E-state index in [1.165, 1.54) is 6.07 Å². The number of rotatable bonds is 7. The molecule has 132 valence electrons. The Morgan fingerprint density at radius 3 is 2.68 bits per heavy atom. The number of esters is 1. The highest BCUT2D eigenvalue weighted by molar-refractivity contribution is 9.10. The maximum atomic E-state index is 13.0. The standard InChI is InChI=1S/C18H17BrFNO4/c1-24-16-5-3-2-4-12(16)8-9-21-17(22)11-25-18(23)14-7-6-13(20)10-15(14)19/h2-7,10H,8-9,11H2,1H3,(H,21,22). The maximum absolute atomic E-state index is 13.0. The van der Waals surface area contributed by atoms with Gasteiger partial charge in [0.05, 0.1) is 12.7 Å². The minimum Gasteiger partial charge on any atom is -0.496 e. The predicted octanol–water partition coefficient (Wildman–Crippen LogP) is 3.11. The van der Waals surface area contributed by atoms with E-state index in [4.69, 9.17) is 9.47 Å². The van der Waals surface area contributed by atoms with Crippen molar-refractivity contribution in [3.05, 3.63) is 63.9 Å². The normalized spacial score (nSPS) is 10.2. The van der Waals surface area contributed by atoms with Crippen molar-refractivity contribution in [3.63, 3.8) is 0 Å². The molecule has 25 heavy (non-hydrogen) atoms. The number of halogens is 2. The molecule has 1 amide bonds. The van der Waals surface area contributed by atoms with Crippen molar-refractivity contribution in [2.45, 2.75) is 6.42 Å². The van der Waals surface area contributed by atoms with Crippen LogP contribution in [0.4, 0.5) is 4.39 Å². The third kappa shape index (κ3) is 5.56. The van der Waals surface area contributed by atoms with Crippen LogP contribution in [0, 0.1) is 5.82 Å². The molecule has 2 rings (SSSR count). The van der Waals surface area contributed by atoms with Crippen molar-refractivity contribution in [2.75, 3.05) is 20.3 Å². The number of amides is 1. The largest absolute Gasteiger partial charge is 0.496 e. The lowest BCUT2D eigenvalue weighted by molar-refractivity contribution is -0.124. The minimum atomic E-state index is -0.702. The van der Waals surface area contributed by atoms with Gasteiger partial charge in [0, 0.05) is 11.0 Å². The molecule has 0 radical (unpaired) electrons. The van der Waals surface area contributed by atoms with Gasteiger partial charge < -0.3 is 14.8 Å². The first kappa shape index (κ1) is 18.9. The highest BCUT2D eigenvalue weighted by Crippen LogP contribution is 2.19. The van der Waals surface area contributed by atoms with E-state index in [9.17, 15) is 14.0 Å². The summed E-state index contributed by atoms with van der Waals surface area (Å²) < 4.78 is 23.4. The van der Waals surface area contributed by atoms with E-state index < -0.39 is 24.3 Å². The monoisotopic (exact) mass is 409 g/mol. The molecular weight excluding hydrogens is 393 g/mol. The number of carbonyl (C=O) groups is 2. The fourth-order valence-corrected chi connectivity index (χ4v) is 2.67. The number of nitrogens with one attached hydrogen (secondary N) is 1. The molecular formula is C18H17BrFNO4. The summed E-state index contributed by atoms with van der Waals surface area (Å²) in [6.45, 7) is -0.0222. The van der Waals surface area contributed by atoms with Crippen LogP contribution < -0.4 is 10.1 Å². The number of methoxy groups -OCH3 is 1. The molecule has 0 aliphatic heterocycles. The van der Waals surface area contributed by atoms with Gasteiger partial charge in [-0.3, -0.25) is 4.79 Å². The maximum Gasteiger partial charge on any atom is 0.339 e. The van der Waals surface area contributed by atoms with Crippen molar-refractivity contribution in [3.8, 4) is 5.75 Å². The summed E-state index contributed by atoms with van der Waals surface area (Å²) in [5.74, 6) is -0.838. The molecule has 0 saturated heterocycles. The third-order valence-electron chi connectivity index (χ3n) is 3.39. The molecule has 2 aromatic carbocycles. The number of ether oxygens (including phenoxy) is 2. The zero-order valence-electron chi connectivity index (χ0n) is 13.6. The summed E-state index contributed by atoms with van der Waals surface area (Å²) in [4.78, 5) is 23.7. The van der Waals surface area contributed by atoms with Gasteiger partial charge in [0.15, 0.2) is 6.61 Å². The average Bonchev–Trinajstić information content (AvgIpc) is 2.60. The van der Waals surface area contributed by atoms with Crippen molar-refractivity contribution < 1.29 is 23.5 Å². The Bertz CT molecular complexity index is 766. The molecule has 0 spiro atoms. The molecule has 0 aromatic heterocycles. The molecule has 0 saturated carbocycles. The Morgan fingerprint density at radius 1 is 1.20 bits per heavy atom. The predicted molar refractivity (Wildman–Crippen MR) is 94.1 cm³/mol. The van der Waals surface area contributed by atoms with E-state index >= 15 is 0 Å². The molecule has 0 aliphatic carbocycles. The molecule has 1 N–H and O–H groups in total. The Hall–Kier alpha value is -2.41. The topological polar surface area (TPSA) is 64.6 Å². The van der Waals surface area contributed by atoms with Gasteiger partial charge in [-0.15, -0.1) is 0 Å². The highest BCUT2D eigenvalue weighted by Gasteiger charge is 2.14. The van der Waals surface area contributed by atoms with E-state index in [1.807, 2.05) is 24.3 Å². The van der Waals surface area contributed by atoms with Crippen molar-refractivity contribution in [2.24, 2.45) is 0 Å². The molecule has 0 heterocycles. The van der Waals surface area contributed by atoms with Crippen molar-refractivity contribution in [1.29, 1.82) is 0 Å². The van der Waals surface area contributed by atoms with E-state index in [-0.39, 0.29) is 10.0 Å². The molecule has 0 fully saturated rings. The van der Waals surface area contributed by atoms with Gasteiger partial charge >= 0.3 is 5.97 Å². The van der Waals surface area contributed by atoms with Crippen LogP contribution in [0.5, 0.6) is 5.75 Å². The SMILES string of the molecule is COc1ccccc1CCNC(=O)COC(=O)c1ccc(F)cc1Br. The van der Waals surface area contributed by atoms with Crippen molar-refractivity contribution in [1.82, 2.24) is 5.32 Å². The molecule has 7 heteroatoms. The second kappa shape index (κ2) is 9.17. The van der Waals surface area contributed by atoms with Crippen LogP contribution in [0.15, 0.2) is 46.9 Å². The van der Waals surface area contributed by atoms with Gasteiger partial charge in [0.2, 0.25) is 0 Å². The van der Waals surface area contributed by atoms with Gasteiger partial charge in [0.25, 0.3) is 5.91 Å². The summed E-state index contributed by atoms with van der Waals surface area (Å²) in [5.41, 5.74) is 1.13. The minimum absolute atomic E-state index is 0.156. The molecule has 2 aromatic rings. The Labute approximate surface area is 153 Å². The average molecular weight is 410 g/mol. The second-order valence-corrected chi connectivity index (χ2v) is 5.97. The van der Waals surface area contributed by atoms with Gasteiger partial charge in [-0.2, -0.15) is 0 Å². The fourth-order valence-electron chi connectivity index (χ4n) is 2.16. The zero-order valence-corrected chi connectivity index (χ0v) is 15.1. The lowest BCUT2D eigenvalue weighted by atomic mass is 10.1. The van der Waals surface area contributed by atoms with Crippen molar-refractivity contribution >= 4 is 27.8 Å². The molecule has 5 nitrogen and oxygen atoms in total. The van der Waals surface area contributed by atoms with E-state index in [1.54, 1.807) is 7.11 Å². The summed E-state index contributed by atoms with van der Waals surface area (Å²) in [6.07, 6.45) is 0.590. The molecule has 0 bridgehead atoms. The number of hydrogen-bond donors (Lipinski definition) is 1. The summed E-state index contributed by atoms with van der Waals surface area (Å²) >= 11 is 3.08. The Balaban J connectivity index is 1.78. The smallest absolute Gasteiger partial charge is 0.339 e. The second-order valence-electron chi connectivity index (χ2n) is 5.11. The van der Waals surface area contributed by atoms with Crippen LogP contribution in [-0.2, 0) is 16.0 Å². The van der Waals surface area contributed by atoms with Gasteiger partial charge in [-0.25, -0.2) is 9.18 Å². The van der Waals surface area contributed by atoms with Crippen LogP contribution in [-0.4, -0.2) is 32.1 Å². The van der Waals surface area contributed by atoms with Gasteiger partial charge in [-0.1, -0.05) is 18.2 Å². The first-order chi connectivity index (χ1) is 12.0. The lowest BCUT2D eigenvalue weighted by Gasteiger charge is -2.10. The summed E-state index contributed by atoms with van der Waals surface area (Å²) in [5, 5.41) is 2.67. The van der Waals surface area contributed by atoms with Crippen LogP contribution in [0.2, 0.25) is 0 Å². The van der Waals surface area contributed by atoms with E-state index in [0.29, 0.717) is 13.0 Å². The van der Waals surface area contributed by atoms with Crippen LogP contribution in [0.25, 0.3) is 0 Å². The molecule has 0 aliphatic rings. The molecule has 0 unspecified atom stereocenters. The fraction of sp³-hybridized carbons (Fsp3) is 0.222. The quantitative estimate of drug-likeness (QED) is 0.713. The summed E-state index contributed by atoms with van der Waals surface area (Å²) in [7, 11) is 1.59. The molecule has 0 atom stereocenters.